The summed E-state index contributed by atoms with van der Waals surface area (Å²) in [6.07, 6.45) is 3.18. The first-order valence-electron chi connectivity index (χ1n) is 5.03. The normalized spacial score (nSPS) is 12.4. The maximum Gasteiger partial charge on any atom is 0.141 e. The molecule has 0 aliphatic carbocycles. The van der Waals surface area contributed by atoms with E-state index in [9.17, 15) is 4.79 Å². The second-order valence-corrected chi connectivity index (χ2v) is 3.39. The first-order valence-corrected chi connectivity index (χ1v) is 5.03. The topological polar surface area (TPSA) is 29.1 Å². The van der Waals surface area contributed by atoms with Gasteiger partial charge in [0.15, 0.2) is 0 Å². The van der Waals surface area contributed by atoms with Gasteiger partial charge in [0.25, 0.3) is 0 Å². The number of carbonyl (C=O) groups is 1. The number of likely N-dealkylation sites (N-methyl/N-ethyl adjacent to an activating group) is 1. The van der Waals surface area contributed by atoms with Crippen LogP contribution < -0.4 is 5.32 Å². The van der Waals surface area contributed by atoms with Crippen LogP contribution in [0.2, 0.25) is 0 Å². The quantitative estimate of drug-likeness (QED) is 0.722. The highest BCUT2D eigenvalue weighted by Crippen LogP contribution is 2.12. The Morgan fingerprint density at radius 3 is 2.43 bits per heavy atom. The lowest BCUT2D eigenvalue weighted by molar-refractivity contribution is -0.109. The molecule has 0 aliphatic rings. The third-order valence-electron chi connectivity index (χ3n) is 2.32. The van der Waals surface area contributed by atoms with Gasteiger partial charge < -0.3 is 10.1 Å². The van der Waals surface area contributed by atoms with Crippen molar-refractivity contribution in [2.24, 2.45) is 0 Å². The largest absolute Gasteiger partial charge is 0.307 e. The molecule has 1 unspecified atom stereocenters. The molecule has 0 saturated carbocycles. The summed E-state index contributed by atoms with van der Waals surface area (Å²) in [5, 5.41) is 2.95. The third kappa shape index (κ3) is 2.67. The minimum atomic E-state index is -0.175. The molecule has 76 valence electrons. The van der Waals surface area contributed by atoms with E-state index in [1.165, 1.54) is 5.56 Å². The molecule has 0 aromatic heterocycles. The van der Waals surface area contributed by atoms with Crippen molar-refractivity contribution in [2.75, 3.05) is 7.05 Å². The Labute approximate surface area is 85.3 Å². The monoisotopic (exact) mass is 191 g/mol. The summed E-state index contributed by atoms with van der Waals surface area (Å²) in [5.41, 5.74) is 2.36. The summed E-state index contributed by atoms with van der Waals surface area (Å²) in [6.45, 7) is 2.16. The van der Waals surface area contributed by atoms with Crippen molar-refractivity contribution in [3.8, 4) is 0 Å². The molecule has 0 bridgehead atoms. The summed E-state index contributed by atoms with van der Waals surface area (Å²) < 4.78 is 0. The Hall–Kier alpha value is -1.15. The third-order valence-corrected chi connectivity index (χ3v) is 2.32. The highest BCUT2D eigenvalue weighted by molar-refractivity contribution is 5.61. The van der Waals surface area contributed by atoms with Gasteiger partial charge in [-0.1, -0.05) is 37.6 Å². The van der Waals surface area contributed by atoms with Crippen LogP contribution in [0.5, 0.6) is 0 Å². The first kappa shape index (κ1) is 10.9. The number of rotatable bonds is 5. The molecule has 0 fully saturated rings. The second-order valence-electron chi connectivity index (χ2n) is 3.39. The Morgan fingerprint density at radius 2 is 2.00 bits per heavy atom. The number of aldehydes is 1. The van der Waals surface area contributed by atoms with Crippen LogP contribution in [0.25, 0.3) is 0 Å². The molecule has 0 heterocycles. The van der Waals surface area contributed by atoms with Crippen molar-refractivity contribution in [1.29, 1.82) is 0 Å². The second kappa shape index (κ2) is 5.55. The van der Waals surface area contributed by atoms with Crippen LogP contribution in [0, 0.1) is 0 Å². The maximum absolute atomic E-state index is 10.7. The zero-order chi connectivity index (χ0) is 10.4. The minimum absolute atomic E-state index is 0.175. The van der Waals surface area contributed by atoms with E-state index >= 15 is 0 Å². The molecule has 0 radical (unpaired) electrons. The molecule has 14 heavy (non-hydrogen) atoms. The lowest BCUT2D eigenvalue weighted by Gasteiger charge is -2.09. The van der Waals surface area contributed by atoms with Crippen molar-refractivity contribution in [3.63, 3.8) is 0 Å². The van der Waals surface area contributed by atoms with Crippen molar-refractivity contribution in [1.82, 2.24) is 5.32 Å². The zero-order valence-corrected chi connectivity index (χ0v) is 8.79. The average Bonchev–Trinajstić information content (AvgIpc) is 2.23. The van der Waals surface area contributed by atoms with Gasteiger partial charge in [-0.2, -0.15) is 0 Å². The van der Waals surface area contributed by atoms with E-state index in [2.05, 4.69) is 24.4 Å². The smallest absolute Gasteiger partial charge is 0.141 e. The van der Waals surface area contributed by atoms with Crippen LogP contribution in [-0.4, -0.2) is 13.3 Å². The van der Waals surface area contributed by atoms with Gasteiger partial charge in [0, 0.05) is 0 Å². The van der Waals surface area contributed by atoms with E-state index in [0.29, 0.717) is 0 Å². The number of benzene rings is 1. The first-order chi connectivity index (χ1) is 6.81. The van der Waals surface area contributed by atoms with Gasteiger partial charge >= 0.3 is 0 Å². The summed E-state index contributed by atoms with van der Waals surface area (Å²) in [7, 11) is 1.79. The molecular weight excluding hydrogens is 174 g/mol. The molecule has 0 amide bonds. The SMILES string of the molecule is CCCc1ccc(C(C=O)NC)cc1. The standard InChI is InChI=1S/C12H17NO/c1-3-4-10-5-7-11(8-6-10)12(9-14)13-2/h5-9,12-13H,3-4H2,1-2H3. The van der Waals surface area contributed by atoms with Crippen LogP contribution in [0.1, 0.15) is 30.5 Å². The highest BCUT2D eigenvalue weighted by atomic mass is 16.1. The van der Waals surface area contributed by atoms with E-state index in [1.807, 2.05) is 12.1 Å². The Morgan fingerprint density at radius 1 is 1.36 bits per heavy atom. The van der Waals surface area contributed by atoms with Crippen LogP contribution >= 0.6 is 0 Å². The van der Waals surface area contributed by atoms with Gasteiger partial charge in [-0.05, 0) is 24.6 Å². The molecule has 2 heteroatoms. The van der Waals surface area contributed by atoms with E-state index in [1.54, 1.807) is 7.05 Å². The maximum atomic E-state index is 10.7. The molecule has 0 spiro atoms. The summed E-state index contributed by atoms with van der Waals surface area (Å²) in [5.74, 6) is 0. The van der Waals surface area contributed by atoms with E-state index in [0.717, 1.165) is 24.7 Å². The molecule has 0 aliphatic heterocycles. The summed E-state index contributed by atoms with van der Waals surface area (Å²) >= 11 is 0. The van der Waals surface area contributed by atoms with Crippen LogP contribution in [0.3, 0.4) is 0 Å². The van der Waals surface area contributed by atoms with Crippen molar-refractivity contribution >= 4 is 6.29 Å². The molecule has 1 N–H and O–H groups in total. The number of hydrogen-bond donors (Lipinski definition) is 1. The minimum Gasteiger partial charge on any atom is -0.307 e. The molecule has 1 aromatic rings. The number of hydrogen-bond acceptors (Lipinski definition) is 2. The summed E-state index contributed by atoms with van der Waals surface area (Å²) in [6, 6.07) is 8.03. The van der Waals surface area contributed by atoms with E-state index in [-0.39, 0.29) is 6.04 Å². The van der Waals surface area contributed by atoms with E-state index < -0.39 is 0 Å². The van der Waals surface area contributed by atoms with Crippen molar-refractivity contribution in [3.05, 3.63) is 35.4 Å². The molecule has 2 nitrogen and oxygen atoms in total. The van der Waals surface area contributed by atoms with Gasteiger partial charge in [0.1, 0.15) is 6.29 Å². The Kier molecular flexibility index (Phi) is 4.33. The number of carbonyl (C=O) groups excluding carboxylic acids is 1. The van der Waals surface area contributed by atoms with Gasteiger partial charge in [-0.25, -0.2) is 0 Å². The lowest BCUT2D eigenvalue weighted by atomic mass is 10.0. The van der Waals surface area contributed by atoms with Gasteiger partial charge in [0.05, 0.1) is 6.04 Å². The van der Waals surface area contributed by atoms with Crippen LogP contribution in [0.4, 0.5) is 0 Å². The molecule has 1 atom stereocenters. The van der Waals surface area contributed by atoms with Crippen LogP contribution in [0.15, 0.2) is 24.3 Å². The fourth-order valence-electron chi connectivity index (χ4n) is 1.49. The van der Waals surface area contributed by atoms with Gasteiger partial charge in [-0.15, -0.1) is 0 Å². The Bertz CT molecular complexity index is 279. The summed E-state index contributed by atoms with van der Waals surface area (Å²) in [4.78, 5) is 10.7. The number of nitrogens with one attached hydrogen (secondary N) is 1. The average molecular weight is 191 g/mol. The van der Waals surface area contributed by atoms with Crippen LogP contribution in [-0.2, 0) is 11.2 Å². The Balaban J connectivity index is 2.76. The predicted octanol–water partition coefficient (Wildman–Crippen LogP) is 2.10. The molecule has 0 saturated heterocycles. The van der Waals surface area contributed by atoms with Gasteiger partial charge in [-0.3, -0.25) is 0 Å². The van der Waals surface area contributed by atoms with Gasteiger partial charge in [0.2, 0.25) is 0 Å². The van der Waals surface area contributed by atoms with E-state index in [4.69, 9.17) is 0 Å². The molecule has 1 aromatic carbocycles. The fraction of sp³-hybridized carbons (Fsp3) is 0.417. The molecule has 1 rings (SSSR count). The highest BCUT2D eigenvalue weighted by Gasteiger charge is 2.05. The lowest BCUT2D eigenvalue weighted by Crippen LogP contribution is -2.17. The van der Waals surface area contributed by atoms with Crippen molar-refractivity contribution < 1.29 is 4.79 Å². The molecular formula is C12H17NO. The zero-order valence-electron chi connectivity index (χ0n) is 8.79. The number of aryl methyl sites for hydroxylation is 1. The van der Waals surface area contributed by atoms with Crippen molar-refractivity contribution in [2.45, 2.75) is 25.8 Å². The fourth-order valence-corrected chi connectivity index (χ4v) is 1.49. The predicted molar refractivity (Wildman–Crippen MR) is 58.3 cm³/mol.